The summed E-state index contributed by atoms with van der Waals surface area (Å²) >= 11 is 5.76. The van der Waals surface area contributed by atoms with Crippen molar-refractivity contribution in [2.45, 2.75) is 294 Å². The van der Waals surface area contributed by atoms with Crippen LogP contribution in [0.15, 0.2) is 218 Å². The Morgan fingerprint density at radius 2 is 0.674 bits per heavy atom. The molecule has 5 aliphatic rings. The minimum atomic E-state index is -0.369. The van der Waals surface area contributed by atoms with Crippen molar-refractivity contribution < 1.29 is 9.59 Å². The molecule has 0 unspecified atom stereocenters. The number of rotatable bonds is 13. The van der Waals surface area contributed by atoms with Crippen LogP contribution in [0.2, 0.25) is 5.02 Å². The van der Waals surface area contributed by atoms with E-state index in [1.165, 1.54) is 183 Å². The number of primary amides is 2. The molecule has 4 heterocycles. The Morgan fingerprint density at radius 1 is 0.341 bits per heavy atom. The van der Waals surface area contributed by atoms with Gasteiger partial charge in [-0.15, -0.1) is 0 Å². The molecule has 9 aromatic rings. The van der Waals surface area contributed by atoms with Gasteiger partial charge in [-0.25, -0.2) is 0 Å². The van der Waals surface area contributed by atoms with Gasteiger partial charge >= 0.3 is 0 Å². The third-order valence-electron chi connectivity index (χ3n) is 25.9. The van der Waals surface area contributed by atoms with Crippen LogP contribution in [0.4, 0.5) is 17.1 Å². The van der Waals surface area contributed by atoms with E-state index in [0.717, 1.165) is 54.9 Å². The van der Waals surface area contributed by atoms with Crippen molar-refractivity contribution in [2.24, 2.45) is 11.5 Å². The molecule has 14 heteroatoms. The van der Waals surface area contributed by atoms with Crippen molar-refractivity contribution in [1.29, 1.82) is 0 Å². The Labute approximate surface area is 829 Å². The summed E-state index contributed by atoms with van der Waals surface area (Å²) in [6.07, 6.45) is 5.61. The van der Waals surface area contributed by atoms with E-state index >= 15 is 0 Å². The van der Waals surface area contributed by atoms with Crippen LogP contribution in [0.1, 0.15) is 307 Å². The third-order valence-corrected chi connectivity index (χ3v) is 26.2. The number of hydrogen-bond donors (Lipinski definition) is 2. The van der Waals surface area contributed by atoms with E-state index in [-0.39, 0.29) is 60.5 Å². The van der Waals surface area contributed by atoms with Crippen LogP contribution in [0.25, 0.3) is 0 Å². The summed E-state index contributed by atoms with van der Waals surface area (Å²) in [5.74, 6) is -0.725. The van der Waals surface area contributed by atoms with Crippen molar-refractivity contribution in [1.82, 2.24) is 29.4 Å². The predicted octanol–water partition coefficient (Wildman–Crippen LogP) is 26.6. The van der Waals surface area contributed by atoms with Crippen LogP contribution in [0.3, 0.4) is 0 Å². The van der Waals surface area contributed by atoms with Gasteiger partial charge in [-0.1, -0.05) is 357 Å². The van der Waals surface area contributed by atoms with Crippen LogP contribution >= 0.6 is 11.6 Å². The third kappa shape index (κ3) is 41.5. The lowest BCUT2D eigenvalue weighted by molar-refractivity contribution is 0.0990. The van der Waals surface area contributed by atoms with Gasteiger partial charge in [-0.05, 0) is 249 Å². The zero-order valence-corrected chi connectivity index (χ0v) is 91.5. The highest BCUT2D eigenvalue weighted by Crippen LogP contribution is 2.34. The lowest BCUT2D eigenvalue weighted by atomic mass is 9.83. The Balaban J connectivity index is 0.000000235. The van der Waals surface area contributed by atoms with Gasteiger partial charge in [0.05, 0.1) is 0 Å². The summed E-state index contributed by atoms with van der Waals surface area (Å²) in [6, 6.07) is 78.1. The fourth-order valence-electron chi connectivity index (χ4n) is 16.3. The number of hydrogen-bond acceptors (Lipinski definition) is 11. The molecule has 0 spiro atoms. The molecule has 4 N–H and O–H groups in total. The van der Waals surface area contributed by atoms with Crippen LogP contribution in [-0.4, -0.2) is 181 Å². The van der Waals surface area contributed by atoms with E-state index in [1.807, 2.05) is 48.5 Å². The Morgan fingerprint density at radius 3 is 1.01 bits per heavy atom. The Bertz CT molecular complexity index is 4900. The second-order valence-electron chi connectivity index (χ2n) is 47.7. The summed E-state index contributed by atoms with van der Waals surface area (Å²) in [5.41, 5.74) is 33.7. The molecule has 0 bridgehead atoms. The van der Waals surface area contributed by atoms with Crippen LogP contribution in [0.5, 0.6) is 0 Å². The van der Waals surface area contributed by atoms with Gasteiger partial charge in [0, 0.05) is 152 Å². The molecule has 2 amide bonds. The highest BCUT2D eigenvalue weighted by molar-refractivity contribution is 6.30. The molecule has 13 nitrogen and oxygen atoms in total. The number of amides is 2. The summed E-state index contributed by atoms with van der Waals surface area (Å²) in [4.78, 5) is 44.0. The minimum Gasteiger partial charge on any atom is -0.378 e. The van der Waals surface area contributed by atoms with Crippen LogP contribution < -0.4 is 26.2 Å². The van der Waals surface area contributed by atoms with Gasteiger partial charge in [0.25, 0.3) is 0 Å². The van der Waals surface area contributed by atoms with E-state index in [4.69, 9.17) is 23.1 Å². The van der Waals surface area contributed by atoms with E-state index < -0.39 is 0 Å². The number of benzene rings is 9. The molecular weight excluding hydrogens is 1670 g/mol. The molecule has 9 aromatic carbocycles. The molecule has 4 saturated heterocycles. The summed E-state index contributed by atoms with van der Waals surface area (Å²) in [5, 5.41) is 0.804. The number of nitrogens with zero attached hydrogens (tertiary/aromatic N) is 9. The monoisotopic (exact) mass is 1860 g/mol. The van der Waals surface area contributed by atoms with Crippen molar-refractivity contribution in [2.75, 3.05) is 148 Å². The first-order chi connectivity index (χ1) is 62.7. The number of anilines is 3. The van der Waals surface area contributed by atoms with Crippen LogP contribution in [-0.2, 0) is 68.4 Å². The second-order valence-corrected chi connectivity index (χ2v) is 48.2. The zero-order valence-electron chi connectivity index (χ0n) is 90.8. The molecule has 0 radical (unpaired) electrons. The molecular formula is C121H184ClN11O2. The number of halogens is 1. The van der Waals surface area contributed by atoms with Crippen molar-refractivity contribution in [3.05, 3.63) is 301 Å². The van der Waals surface area contributed by atoms with Gasteiger partial charge in [0.2, 0.25) is 11.8 Å². The summed E-state index contributed by atoms with van der Waals surface area (Å²) in [6.45, 7) is 83.3. The van der Waals surface area contributed by atoms with Crippen LogP contribution in [0, 0.1) is 0 Å². The lowest BCUT2D eigenvalue weighted by Crippen LogP contribution is -2.47. The molecule has 1 aliphatic carbocycles. The van der Waals surface area contributed by atoms with Crippen molar-refractivity contribution in [3.63, 3.8) is 0 Å². The number of nitrogens with two attached hydrogens (primary N) is 2. The molecule has 1 saturated carbocycles. The highest BCUT2D eigenvalue weighted by atomic mass is 35.5. The van der Waals surface area contributed by atoms with Gasteiger partial charge < -0.3 is 40.9 Å². The minimum absolute atomic E-state index is 0.0361. The second kappa shape index (κ2) is 51.9. The molecule has 5 fully saturated rings. The maximum atomic E-state index is 11.1. The first-order valence-electron chi connectivity index (χ1n) is 50.3. The number of likely N-dealkylation sites (tertiary alicyclic amines) is 1. The summed E-state index contributed by atoms with van der Waals surface area (Å²) in [7, 11) is 10.5. The normalized spacial score (nSPS) is 15.6. The average Bonchev–Trinajstić information content (AvgIpc) is 1.65. The smallest absolute Gasteiger partial charge is 0.248 e. The largest absolute Gasteiger partial charge is 0.378 e. The SMILES string of the molecule is CC(C)(C)c1ccc(CN2CCCC2)cc1.CC(C)(C)c1ccc(Cl)cc1.CC(C)(C)c1ccc(N2CCN(C3CC3)CC2)cc1.CC(C)(C)c1cccc(C(N)=O)c1.CC(C)(C)c1ccccc1C(N)=O.CCN1CCN(c2ccc(C(C)(C)C)cc2)CC1.CN(C)Cc1ccc(C(C)(C)C)cc1.CN(C)c1cccc(C(C)(C)C)c1.CN1CCN(Cc2ccc(C(C)(C)C)cc2)CC1. The zero-order chi connectivity index (χ0) is 101. The van der Waals surface area contributed by atoms with Gasteiger partial charge in [0.1, 0.15) is 0 Å². The molecule has 135 heavy (non-hydrogen) atoms. The number of likely N-dealkylation sites (N-methyl/N-ethyl adjacent to an activating group) is 2. The quantitative estimate of drug-likeness (QED) is 0.115. The molecule has 14 rings (SSSR count). The first-order valence-corrected chi connectivity index (χ1v) is 50.6. The first kappa shape index (κ1) is 115. The molecule has 0 aromatic heterocycles. The number of carbonyl (C=O) groups excluding carboxylic acids is 2. The van der Waals surface area contributed by atoms with Crippen molar-refractivity contribution in [3.8, 4) is 0 Å². The van der Waals surface area contributed by atoms with E-state index in [9.17, 15) is 9.59 Å². The van der Waals surface area contributed by atoms with Crippen molar-refractivity contribution >= 4 is 40.5 Å². The number of carbonyl (C=O) groups is 2. The highest BCUT2D eigenvalue weighted by Gasteiger charge is 2.32. The molecule has 0 atom stereocenters. The summed E-state index contributed by atoms with van der Waals surface area (Å²) < 4.78 is 0. The number of piperazine rings is 3. The topological polar surface area (TPSA) is 115 Å². The maximum absolute atomic E-state index is 11.1. The van der Waals surface area contributed by atoms with Gasteiger partial charge in [0.15, 0.2) is 0 Å². The van der Waals surface area contributed by atoms with E-state index in [1.54, 1.807) is 12.1 Å². The van der Waals surface area contributed by atoms with Gasteiger partial charge in [-0.3, -0.25) is 24.3 Å². The Hall–Kier alpha value is -8.63. The predicted molar refractivity (Wildman–Crippen MR) is 588 cm³/mol. The Kier molecular flexibility index (Phi) is 44.2. The molecule has 4 aliphatic heterocycles. The molecule has 742 valence electrons. The fourth-order valence-corrected chi connectivity index (χ4v) is 16.4. The van der Waals surface area contributed by atoms with Gasteiger partial charge in [-0.2, -0.15) is 0 Å². The van der Waals surface area contributed by atoms with E-state index in [0.29, 0.717) is 11.1 Å². The standard InChI is InChI=1S/C17H26N2.2C16H26N2.C15H23N.C13H21N.C12H19N.2C11H15NO.C10H13Cl/c1-17(2,3)14-4-6-15(7-5-14)18-10-12-19(13-11-18)16-8-9-16;1-16(2,3)15-7-5-14(6-8-15)13-18-11-9-17(4)10-12-18;1-5-17-10-12-18(13-11-17)15-8-6-14(7-9-15)16(2,3)4;1-15(2,3)14-8-6-13(7-9-14)12-16-10-4-5-11-16;1-13(2,3)12-8-6-11(7-9-12)10-14(4)5;1-12(2,3)10-7-6-8-11(9-10)13(4)5;1-11(2,3)9-6-4-5-8(7-9)10(12)13;1-11(2,3)9-7-5-4-6-8(9)10(12)13;1-10(2,3)8-4-6-9(11)7-5-8/h4-7,16H,8-13H2,1-3H3;5-8H,9-13H2,1-4H3;6-9H,5,10-13H2,1-4H3;6-9H,4-5,10-12H2,1-3H3;6-9H,10H2,1-5H3;6-9H,1-5H3;2*4-7H,1-3H3,(H2,12,13);4-7H,1-3H3. The average molecular weight is 1860 g/mol. The van der Waals surface area contributed by atoms with E-state index in [2.05, 4.69) is 431 Å². The lowest BCUT2D eigenvalue weighted by Gasteiger charge is -2.36. The fraction of sp³-hybridized carbons (Fsp3) is 0.537. The maximum Gasteiger partial charge on any atom is 0.248 e.